The van der Waals surface area contributed by atoms with Gasteiger partial charge in [-0.15, -0.1) is 0 Å². The molecule has 1 aromatic rings. The maximum absolute atomic E-state index is 5.64. The van der Waals surface area contributed by atoms with E-state index in [9.17, 15) is 0 Å². The predicted molar refractivity (Wildman–Crippen MR) is 66.8 cm³/mol. The minimum atomic E-state index is 0.249. The summed E-state index contributed by atoms with van der Waals surface area (Å²) in [6.07, 6.45) is 4.15. The fourth-order valence-corrected chi connectivity index (χ4v) is 2.19. The maximum atomic E-state index is 5.64. The molecular weight excluding hydrogens is 198 g/mol. The molecule has 1 atom stereocenters. The van der Waals surface area contributed by atoms with Gasteiger partial charge in [-0.05, 0) is 50.9 Å². The minimum absolute atomic E-state index is 0.249. The minimum Gasteiger partial charge on any atom is -0.491 e. The van der Waals surface area contributed by atoms with Crippen LogP contribution in [-0.4, -0.2) is 12.6 Å². The Morgan fingerprint density at radius 2 is 1.94 bits per heavy atom. The molecule has 2 heteroatoms. The molecule has 1 aliphatic heterocycles. The largest absolute Gasteiger partial charge is 0.491 e. The van der Waals surface area contributed by atoms with E-state index in [1.165, 1.54) is 24.8 Å². The van der Waals surface area contributed by atoms with Gasteiger partial charge >= 0.3 is 0 Å². The van der Waals surface area contributed by atoms with Crippen LogP contribution in [0, 0.1) is 0 Å². The topological polar surface area (TPSA) is 21.3 Å². The molecule has 1 saturated heterocycles. The predicted octanol–water partition coefficient (Wildman–Crippen LogP) is 3.29. The van der Waals surface area contributed by atoms with Crippen molar-refractivity contribution in [2.24, 2.45) is 0 Å². The molecule has 0 aromatic heterocycles. The van der Waals surface area contributed by atoms with Crippen molar-refractivity contribution >= 4 is 0 Å². The van der Waals surface area contributed by atoms with Crippen molar-refractivity contribution in [3.8, 4) is 5.75 Å². The lowest BCUT2D eigenvalue weighted by atomic mass is 9.98. The SMILES string of the molecule is CC(C)Oc1ccc([C@H]2CCCCN2)cc1. The first kappa shape index (κ1) is 11.5. The number of piperidine rings is 1. The zero-order valence-electron chi connectivity index (χ0n) is 10.2. The molecule has 0 aliphatic carbocycles. The van der Waals surface area contributed by atoms with Crippen LogP contribution < -0.4 is 10.1 Å². The third-order valence-corrected chi connectivity index (χ3v) is 2.96. The van der Waals surface area contributed by atoms with Crippen LogP contribution in [0.25, 0.3) is 0 Å². The number of nitrogens with one attached hydrogen (secondary N) is 1. The van der Waals surface area contributed by atoms with Crippen molar-refractivity contribution in [2.45, 2.75) is 45.3 Å². The number of benzene rings is 1. The monoisotopic (exact) mass is 219 g/mol. The molecule has 16 heavy (non-hydrogen) atoms. The molecule has 1 heterocycles. The highest BCUT2D eigenvalue weighted by Gasteiger charge is 2.14. The summed E-state index contributed by atoms with van der Waals surface area (Å²) in [6.45, 7) is 5.25. The maximum Gasteiger partial charge on any atom is 0.119 e. The van der Waals surface area contributed by atoms with Crippen LogP contribution in [-0.2, 0) is 0 Å². The molecule has 1 fully saturated rings. The highest BCUT2D eigenvalue weighted by atomic mass is 16.5. The standard InChI is InChI=1S/C14H21NO/c1-11(2)16-13-8-6-12(7-9-13)14-5-3-4-10-15-14/h6-9,11,14-15H,3-5,10H2,1-2H3/t14-/m1/s1. The third-order valence-electron chi connectivity index (χ3n) is 2.96. The van der Waals surface area contributed by atoms with E-state index in [4.69, 9.17) is 4.74 Å². The molecule has 2 nitrogen and oxygen atoms in total. The molecule has 0 bridgehead atoms. The molecule has 0 radical (unpaired) electrons. The zero-order chi connectivity index (χ0) is 11.4. The molecule has 88 valence electrons. The van der Waals surface area contributed by atoms with Crippen LogP contribution in [0.4, 0.5) is 0 Å². The van der Waals surface area contributed by atoms with Crippen LogP contribution in [0.2, 0.25) is 0 Å². The zero-order valence-corrected chi connectivity index (χ0v) is 10.2. The van der Waals surface area contributed by atoms with Gasteiger partial charge in [0, 0.05) is 6.04 Å². The van der Waals surface area contributed by atoms with Crippen molar-refractivity contribution in [3.05, 3.63) is 29.8 Å². The van der Waals surface area contributed by atoms with Crippen molar-refractivity contribution in [1.82, 2.24) is 5.32 Å². The van der Waals surface area contributed by atoms with Gasteiger partial charge in [-0.2, -0.15) is 0 Å². The summed E-state index contributed by atoms with van der Waals surface area (Å²) >= 11 is 0. The summed E-state index contributed by atoms with van der Waals surface area (Å²) in [5, 5.41) is 3.55. The van der Waals surface area contributed by atoms with Gasteiger partial charge in [-0.25, -0.2) is 0 Å². The second-order valence-corrected chi connectivity index (χ2v) is 4.74. The Morgan fingerprint density at radius 3 is 2.50 bits per heavy atom. The first-order valence-corrected chi connectivity index (χ1v) is 6.26. The molecular formula is C14H21NO. The summed E-state index contributed by atoms with van der Waals surface area (Å²) in [4.78, 5) is 0. The molecule has 2 rings (SSSR count). The van der Waals surface area contributed by atoms with Gasteiger partial charge in [0.25, 0.3) is 0 Å². The molecule has 1 aliphatic rings. The lowest BCUT2D eigenvalue weighted by molar-refractivity contribution is 0.242. The average molecular weight is 219 g/mol. The van der Waals surface area contributed by atoms with Crippen molar-refractivity contribution in [2.75, 3.05) is 6.54 Å². The van der Waals surface area contributed by atoms with Crippen molar-refractivity contribution in [3.63, 3.8) is 0 Å². The first-order chi connectivity index (χ1) is 7.75. The Morgan fingerprint density at radius 1 is 1.19 bits per heavy atom. The quantitative estimate of drug-likeness (QED) is 0.842. The van der Waals surface area contributed by atoms with Gasteiger partial charge in [0.15, 0.2) is 0 Å². The number of hydrogen-bond donors (Lipinski definition) is 1. The Kier molecular flexibility index (Phi) is 3.83. The fourth-order valence-electron chi connectivity index (χ4n) is 2.19. The third kappa shape index (κ3) is 2.99. The van der Waals surface area contributed by atoms with E-state index in [2.05, 4.69) is 43.4 Å². The van der Waals surface area contributed by atoms with Gasteiger partial charge < -0.3 is 10.1 Å². The van der Waals surface area contributed by atoms with E-state index < -0.39 is 0 Å². The molecule has 0 spiro atoms. The van der Waals surface area contributed by atoms with E-state index in [1.807, 2.05) is 0 Å². The van der Waals surface area contributed by atoms with E-state index in [0.29, 0.717) is 6.04 Å². The van der Waals surface area contributed by atoms with E-state index in [1.54, 1.807) is 0 Å². The Balaban J connectivity index is 2.00. The normalized spacial score (nSPS) is 21.1. The first-order valence-electron chi connectivity index (χ1n) is 6.26. The smallest absolute Gasteiger partial charge is 0.119 e. The summed E-state index contributed by atoms with van der Waals surface area (Å²) in [5.74, 6) is 0.967. The average Bonchev–Trinajstić information content (AvgIpc) is 2.30. The van der Waals surface area contributed by atoms with Gasteiger partial charge in [-0.3, -0.25) is 0 Å². The summed E-state index contributed by atoms with van der Waals surface area (Å²) in [7, 11) is 0. The summed E-state index contributed by atoms with van der Waals surface area (Å²) < 4.78 is 5.64. The van der Waals surface area contributed by atoms with Crippen LogP contribution in [0.1, 0.15) is 44.7 Å². The van der Waals surface area contributed by atoms with Crippen LogP contribution in [0.3, 0.4) is 0 Å². The lowest BCUT2D eigenvalue weighted by Gasteiger charge is -2.24. The van der Waals surface area contributed by atoms with Crippen molar-refractivity contribution < 1.29 is 4.74 Å². The Bertz CT molecular complexity index is 312. The Labute approximate surface area is 98.0 Å². The number of hydrogen-bond acceptors (Lipinski definition) is 2. The second kappa shape index (κ2) is 5.35. The highest BCUT2D eigenvalue weighted by Crippen LogP contribution is 2.24. The molecule has 0 unspecified atom stereocenters. The highest BCUT2D eigenvalue weighted by molar-refractivity contribution is 5.29. The molecule has 0 saturated carbocycles. The molecule has 1 N–H and O–H groups in total. The van der Waals surface area contributed by atoms with Crippen molar-refractivity contribution in [1.29, 1.82) is 0 Å². The number of rotatable bonds is 3. The summed E-state index contributed by atoms with van der Waals surface area (Å²) in [6, 6.07) is 9.06. The van der Waals surface area contributed by atoms with E-state index >= 15 is 0 Å². The van der Waals surface area contributed by atoms with Crippen LogP contribution in [0.15, 0.2) is 24.3 Å². The number of ether oxygens (including phenoxy) is 1. The lowest BCUT2D eigenvalue weighted by Crippen LogP contribution is -2.26. The van der Waals surface area contributed by atoms with E-state index in [-0.39, 0.29) is 6.10 Å². The van der Waals surface area contributed by atoms with Crippen LogP contribution >= 0.6 is 0 Å². The van der Waals surface area contributed by atoms with Gasteiger partial charge in [0.05, 0.1) is 6.10 Å². The molecule has 1 aromatic carbocycles. The fraction of sp³-hybridized carbons (Fsp3) is 0.571. The van der Waals surface area contributed by atoms with Gasteiger partial charge in [0.2, 0.25) is 0 Å². The summed E-state index contributed by atoms with van der Waals surface area (Å²) in [5.41, 5.74) is 1.39. The second-order valence-electron chi connectivity index (χ2n) is 4.74. The van der Waals surface area contributed by atoms with Gasteiger partial charge in [0.1, 0.15) is 5.75 Å². The van der Waals surface area contributed by atoms with Gasteiger partial charge in [-0.1, -0.05) is 18.6 Å². The van der Waals surface area contributed by atoms with Crippen LogP contribution in [0.5, 0.6) is 5.75 Å². The Hall–Kier alpha value is -1.02. The molecule has 0 amide bonds. The van der Waals surface area contributed by atoms with E-state index in [0.717, 1.165) is 12.3 Å².